The zero-order chi connectivity index (χ0) is 15.6. The van der Waals surface area contributed by atoms with Crippen LogP contribution in [0.25, 0.3) is 0 Å². The number of rotatable bonds is 4. The number of carbonyl (C=O) groups excluding carboxylic acids is 1. The van der Waals surface area contributed by atoms with Crippen molar-refractivity contribution in [1.82, 2.24) is 9.78 Å². The Morgan fingerprint density at radius 2 is 2.10 bits per heavy atom. The van der Waals surface area contributed by atoms with Crippen molar-refractivity contribution < 1.29 is 13.2 Å². The fourth-order valence-corrected chi connectivity index (χ4v) is 2.73. The topological polar surface area (TPSA) is 107 Å². The minimum atomic E-state index is -3.82. The summed E-state index contributed by atoms with van der Waals surface area (Å²) < 4.78 is 24.4. The Balaban J connectivity index is 2.26. The van der Waals surface area contributed by atoms with Gasteiger partial charge < -0.3 is 5.32 Å². The summed E-state index contributed by atoms with van der Waals surface area (Å²) in [7, 11) is -3.82. The first-order valence-corrected chi connectivity index (χ1v) is 7.77. The van der Waals surface area contributed by atoms with Crippen molar-refractivity contribution in [1.29, 1.82) is 0 Å². The number of primary sulfonamides is 1. The van der Waals surface area contributed by atoms with Gasteiger partial charge in [0.05, 0.1) is 4.90 Å². The summed E-state index contributed by atoms with van der Waals surface area (Å²) in [5, 5.41) is 11.8. The van der Waals surface area contributed by atoms with Gasteiger partial charge in [-0.1, -0.05) is 6.07 Å². The molecular formula is C13H16N4O3S. The molecule has 0 saturated heterocycles. The van der Waals surface area contributed by atoms with Crippen LogP contribution in [0.3, 0.4) is 0 Å². The number of aromatic nitrogens is 2. The lowest BCUT2D eigenvalue weighted by Gasteiger charge is -2.15. The minimum Gasteiger partial charge on any atom is -0.324 e. The van der Waals surface area contributed by atoms with E-state index in [1.54, 1.807) is 38.4 Å². The lowest BCUT2D eigenvalue weighted by molar-refractivity contribution is -0.119. The van der Waals surface area contributed by atoms with Crippen LogP contribution in [-0.2, 0) is 14.8 Å². The molecule has 1 amide bonds. The largest absolute Gasteiger partial charge is 0.324 e. The summed E-state index contributed by atoms with van der Waals surface area (Å²) in [5.74, 6) is -0.298. The lowest BCUT2D eigenvalue weighted by Crippen LogP contribution is -2.24. The van der Waals surface area contributed by atoms with Crippen LogP contribution in [-0.4, -0.2) is 24.1 Å². The van der Waals surface area contributed by atoms with Gasteiger partial charge in [0.1, 0.15) is 6.04 Å². The van der Waals surface area contributed by atoms with E-state index in [9.17, 15) is 13.2 Å². The smallest absolute Gasteiger partial charge is 0.248 e. The summed E-state index contributed by atoms with van der Waals surface area (Å²) in [5.41, 5.74) is 0.812. The van der Waals surface area contributed by atoms with Crippen molar-refractivity contribution in [2.24, 2.45) is 5.14 Å². The first-order valence-electron chi connectivity index (χ1n) is 6.23. The SMILES string of the molecule is Cc1c(NC(=O)C(C)n2cccn2)cccc1S(N)(=O)=O. The van der Waals surface area contributed by atoms with Crippen LogP contribution < -0.4 is 10.5 Å². The van der Waals surface area contributed by atoms with E-state index in [2.05, 4.69) is 10.4 Å². The van der Waals surface area contributed by atoms with Crippen LogP contribution in [0, 0.1) is 6.92 Å². The van der Waals surface area contributed by atoms with Crippen molar-refractivity contribution in [3.05, 3.63) is 42.2 Å². The molecule has 1 aromatic heterocycles. The Kier molecular flexibility index (Phi) is 4.10. The van der Waals surface area contributed by atoms with Gasteiger partial charge in [0.15, 0.2) is 0 Å². The molecule has 8 heteroatoms. The van der Waals surface area contributed by atoms with E-state index in [0.717, 1.165) is 0 Å². The second-order valence-electron chi connectivity index (χ2n) is 4.63. The highest BCUT2D eigenvalue weighted by Crippen LogP contribution is 2.22. The maximum atomic E-state index is 12.2. The number of hydrogen-bond acceptors (Lipinski definition) is 4. The minimum absolute atomic E-state index is 0.00737. The third-order valence-electron chi connectivity index (χ3n) is 3.15. The van der Waals surface area contributed by atoms with Gasteiger partial charge in [-0.15, -0.1) is 0 Å². The molecule has 0 fully saturated rings. The molecule has 1 aromatic carbocycles. The Labute approximate surface area is 122 Å². The molecule has 0 aliphatic carbocycles. The average molecular weight is 308 g/mol. The number of amides is 1. The van der Waals surface area contributed by atoms with Crippen molar-refractivity contribution in [3.63, 3.8) is 0 Å². The molecule has 3 N–H and O–H groups in total. The second kappa shape index (κ2) is 5.66. The number of hydrogen-bond donors (Lipinski definition) is 2. The second-order valence-corrected chi connectivity index (χ2v) is 6.15. The summed E-state index contributed by atoms with van der Waals surface area (Å²) >= 11 is 0. The van der Waals surface area contributed by atoms with Crippen LogP contribution >= 0.6 is 0 Å². The third kappa shape index (κ3) is 3.29. The van der Waals surface area contributed by atoms with E-state index in [1.807, 2.05) is 0 Å². The van der Waals surface area contributed by atoms with Crippen molar-refractivity contribution >= 4 is 21.6 Å². The Bertz CT molecular complexity index is 754. The summed E-state index contributed by atoms with van der Waals surface area (Å²) in [6.07, 6.45) is 3.26. The van der Waals surface area contributed by atoms with Crippen LogP contribution in [0.15, 0.2) is 41.6 Å². The molecule has 7 nitrogen and oxygen atoms in total. The van der Waals surface area contributed by atoms with Gasteiger partial charge >= 0.3 is 0 Å². The molecule has 2 rings (SSSR count). The molecule has 1 unspecified atom stereocenters. The van der Waals surface area contributed by atoms with Crippen LogP contribution in [0.1, 0.15) is 18.5 Å². The lowest BCUT2D eigenvalue weighted by atomic mass is 10.2. The predicted molar refractivity (Wildman–Crippen MR) is 78.1 cm³/mol. The zero-order valence-electron chi connectivity index (χ0n) is 11.6. The molecule has 21 heavy (non-hydrogen) atoms. The van der Waals surface area contributed by atoms with E-state index in [1.165, 1.54) is 16.8 Å². The van der Waals surface area contributed by atoms with Gasteiger partial charge in [-0.25, -0.2) is 13.6 Å². The molecule has 0 bridgehead atoms. The van der Waals surface area contributed by atoms with Gasteiger partial charge in [-0.3, -0.25) is 9.48 Å². The predicted octanol–water partition coefficient (Wildman–Crippen LogP) is 1.04. The maximum absolute atomic E-state index is 12.2. The van der Waals surface area contributed by atoms with Crippen LogP contribution in [0.2, 0.25) is 0 Å². The molecule has 1 heterocycles. The third-order valence-corrected chi connectivity index (χ3v) is 4.20. The monoisotopic (exact) mass is 308 g/mol. The highest BCUT2D eigenvalue weighted by molar-refractivity contribution is 7.89. The van der Waals surface area contributed by atoms with Gasteiger partial charge in [-0.05, 0) is 37.6 Å². The molecular weight excluding hydrogens is 292 g/mol. The highest BCUT2D eigenvalue weighted by Gasteiger charge is 2.18. The molecule has 0 spiro atoms. The van der Waals surface area contributed by atoms with Crippen molar-refractivity contribution in [2.75, 3.05) is 5.32 Å². The van der Waals surface area contributed by atoms with Gasteiger partial charge in [0.2, 0.25) is 15.9 Å². The number of sulfonamides is 1. The molecule has 0 aliphatic rings. The highest BCUT2D eigenvalue weighted by atomic mass is 32.2. The van der Waals surface area contributed by atoms with Gasteiger partial charge in [0, 0.05) is 18.1 Å². The Morgan fingerprint density at radius 3 is 2.67 bits per heavy atom. The van der Waals surface area contributed by atoms with E-state index in [0.29, 0.717) is 11.3 Å². The van der Waals surface area contributed by atoms with Crippen LogP contribution in [0.4, 0.5) is 5.69 Å². The Morgan fingerprint density at radius 1 is 1.38 bits per heavy atom. The quantitative estimate of drug-likeness (QED) is 0.879. The van der Waals surface area contributed by atoms with Crippen molar-refractivity contribution in [3.8, 4) is 0 Å². The first-order chi connectivity index (χ1) is 9.80. The van der Waals surface area contributed by atoms with Gasteiger partial charge in [0.25, 0.3) is 0 Å². The summed E-state index contributed by atoms with van der Waals surface area (Å²) in [4.78, 5) is 12.2. The molecule has 2 aromatic rings. The molecule has 0 radical (unpaired) electrons. The summed E-state index contributed by atoms with van der Waals surface area (Å²) in [6.45, 7) is 3.29. The number of nitrogens with one attached hydrogen (secondary N) is 1. The fourth-order valence-electron chi connectivity index (χ4n) is 1.93. The maximum Gasteiger partial charge on any atom is 0.248 e. The van der Waals surface area contributed by atoms with E-state index < -0.39 is 16.1 Å². The van der Waals surface area contributed by atoms with Gasteiger partial charge in [-0.2, -0.15) is 5.10 Å². The average Bonchev–Trinajstić information content (AvgIpc) is 2.92. The standard InChI is InChI=1S/C13H16N4O3S/c1-9-11(5-3-6-12(9)21(14,19)20)16-13(18)10(2)17-8-4-7-15-17/h3-8,10H,1-2H3,(H,16,18)(H2,14,19,20). The normalized spacial score (nSPS) is 12.9. The molecule has 0 aliphatic heterocycles. The van der Waals surface area contributed by atoms with E-state index in [4.69, 9.17) is 5.14 Å². The number of anilines is 1. The number of nitrogens with two attached hydrogens (primary N) is 1. The Hall–Kier alpha value is -2.19. The summed E-state index contributed by atoms with van der Waals surface area (Å²) in [6, 6.07) is 5.75. The molecule has 112 valence electrons. The number of nitrogens with zero attached hydrogens (tertiary/aromatic N) is 2. The molecule has 1 atom stereocenters. The van der Waals surface area contributed by atoms with E-state index in [-0.39, 0.29) is 10.8 Å². The number of benzene rings is 1. The number of carbonyl (C=O) groups is 1. The zero-order valence-corrected chi connectivity index (χ0v) is 12.5. The first kappa shape index (κ1) is 15.2. The van der Waals surface area contributed by atoms with E-state index >= 15 is 0 Å². The fraction of sp³-hybridized carbons (Fsp3) is 0.231. The van der Waals surface area contributed by atoms with Crippen molar-refractivity contribution in [2.45, 2.75) is 24.8 Å². The molecule has 0 saturated carbocycles. The van der Waals surface area contributed by atoms with Crippen LogP contribution in [0.5, 0.6) is 0 Å².